The molecule has 0 fully saturated rings. The molecule has 0 atom stereocenters. The van der Waals surface area contributed by atoms with Crippen LogP contribution in [0.25, 0.3) is 27.5 Å². The van der Waals surface area contributed by atoms with Crippen LogP contribution >= 0.6 is 0 Å². The largest absolute Gasteiger partial charge is 0.324 e. The summed E-state index contributed by atoms with van der Waals surface area (Å²) in [4.78, 5) is 29.7. The number of pyridine rings is 2. The highest BCUT2D eigenvalue weighted by molar-refractivity contribution is 6.05. The van der Waals surface area contributed by atoms with Gasteiger partial charge < -0.3 is 5.32 Å². The highest BCUT2D eigenvalue weighted by Crippen LogP contribution is 2.29. The SMILES string of the molecule is Cc1ccc(-n2c(=O)ccc3cnc4ccc(N5C=CCN5)cc4c32)cc1NC(=O)CN=N. The third kappa shape index (κ3) is 3.74. The average Bonchev–Trinajstić information content (AvgIpc) is 3.35. The molecule has 0 bridgehead atoms. The van der Waals surface area contributed by atoms with Crippen LogP contribution in [0.5, 0.6) is 0 Å². The molecule has 0 radical (unpaired) electrons. The number of aromatic nitrogens is 2. The molecule has 0 aliphatic carbocycles. The zero-order valence-electron chi connectivity index (χ0n) is 17.9. The molecule has 3 N–H and O–H groups in total. The number of nitrogens with zero attached hydrogens (tertiary/aromatic N) is 4. The molecule has 9 heteroatoms. The van der Waals surface area contributed by atoms with Gasteiger partial charge in [0.1, 0.15) is 6.54 Å². The first kappa shape index (κ1) is 20.5. The Morgan fingerprint density at radius 3 is 2.82 bits per heavy atom. The lowest BCUT2D eigenvalue weighted by Crippen LogP contribution is -2.28. The number of hydrogen-bond acceptors (Lipinski definition) is 7. The maximum atomic E-state index is 13.1. The Kier molecular flexibility index (Phi) is 5.15. The van der Waals surface area contributed by atoms with Crippen LogP contribution in [-0.4, -0.2) is 28.5 Å². The Labute approximate surface area is 188 Å². The number of aryl methyl sites for hydroxylation is 1. The topological polar surface area (TPSA) is 115 Å². The third-order valence-corrected chi connectivity index (χ3v) is 5.59. The van der Waals surface area contributed by atoms with Gasteiger partial charge in [-0.05, 0) is 48.9 Å². The second kappa shape index (κ2) is 8.29. The van der Waals surface area contributed by atoms with E-state index in [9.17, 15) is 9.59 Å². The van der Waals surface area contributed by atoms with Crippen molar-refractivity contribution in [3.8, 4) is 5.69 Å². The van der Waals surface area contributed by atoms with Crippen LogP contribution in [0.3, 0.4) is 0 Å². The fourth-order valence-corrected chi connectivity index (χ4v) is 3.99. The van der Waals surface area contributed by atoms with Crippen LogP contribution in [-0.2, 0) is 4.79 Å². The highest BCUT2D eigenvalue weighted by atomic mass is 16.2. The summed E-state index contributed by atoms with van der Waals surface area (Å²) in [6, 6.07) is 14.7. The van der Waals surface area contributed by atoms with Crippen LogP contribution in [0.1, 0.15) is 5.56 Å². The van der Waals surface area contributed by atoms with Crippen LogP contribution in [0.2, 0.25) is 0 Å². The summed E-state index contributed by atoms with van der Waals surface area (Å²) in [5.41, 5.74) is 14.4. The number of carbonyl (C=O) groups is 1. The lowest BCUT2D eigenvalue weighted by Gasteiger charge is -2.18. The van der Waals surface area contributed by atoms with E-state index >= 15 is 0 Å². The Morgan fingerprint density at radius 1 is 1.18 bits per heavy atom. The van der Waals surface area contributed by atoms with Gasteiger partial charge in [0.25, 0.3) is 5.56 Å². The number of nitrogens with one attached hydrogen (secondary N) is 3. The fourth-order valence-electron chi connectivity index (χ4n) is 3.99. The molecule has 0 spiro atoms. The molecule has 9 nitrogen and oxygen atoms in total. The quantitative estimate of drug-likeness (QED) is 0.324. The minimum atomic E-state index is -0.388. The van der Waals surface area contributed by atoms with Gasteiger partial charge in [-0.25, -0.2) is 11.0 Å². The van der Waals surface area contributed by atoms with Gasteiger partial charge in [0.05, 0.1) is 22.4 Å². The summed E-state index contributed by atoms with van der Waals surface area (Å²) < 4.78 is 1.64. The summed E-state index contributed by atoms with van der Waals surface area (Å²) >= 11 is 0. The van der Waals surface area contributed by atoms with Crippen molar-refractivity contribution in [2.45, 2.75) is 6.92 Å². The Bertz CT molecular complexity index is 1510. The highest BCUT2D eigenvalue weighted by Gasteiger charge is 2.14. The molecule has 164 valence electrons. The summed E-state index contributed by atoms with van der Waals surface area (Å²) in [7, 11) is 0. The van der Waals surface area contributed by atoms with Gasteiger partial charge in [0.15, 0.2) is 0 Å². The fraction of sp³-hybridized carbons (Fsp3) is 0.125. The van der Waals surface area contributed by atoms with E-state index in [1.807, 2.05) is 54.5 Å². The minimum Gasteiger partial charge on any atom is -0.324 e. The average molecular weight is 439 g/mol. The second-order valence-electron chi connectivity index (χ2n) is 7.75. The van der Waals surface area contributed by atoms with Crippen LogP contribution in [0.15, 0.2) is 76.9 Å². The van der Waals surface area contributed by atoms with Crippen molar-refractivity contribution in [1.82, 2.24) is 15.0 Å². The molecule has 4 aromatic rings. The zero-order valence-corrected chi connectivity index (χ0v) is 17.9. The van der Waals surface area contributed by atoms with Crippen molar-refractivity contribution in [3.05, 3.63) is 82.9 Å². The van der Waals surface area contributed by atoms with Gasteiger partial charge in [-0.2, -0.15) is 5.11 Å². The number of hydrazine groups is 1. The van der Waals surface area contributed by atoms with E-state index < -0.39 is 0 Å². The number of anilines is 2. The minimum absolute atomic E-state index is 0.193. The second-order valence-corrected chi connectivity index (χ2v) is 7.75. The lowest BCUT2D eigenvalue weighted by molar-refractivity contribution is -0.115. The summed E-state index contributed by atoms with van der Waals surface area (Å²) in [6.07, 6.45) is 5.75. The van der Waals surface area contributed by atoms with Crippen molar-refractivity contribution >= 4 is 39.1 Å². The molecule has 33 heavy (non-hydrogen) atoms. The smallest absolute Gasteiger partial charge is 0.255 e. The van der Waals surface area contributed by atoms with Gasteiger partial charge in [0.2, 0.25) is 5.91 Å². The first-order valence-electron chi connectivity index (χ1n) is 10.4. The predicted octanol–water partition coefficient (Wildman–Crippen LogP) is 3.66. The van der Waals surface area contributed by atoms with Gasteiger partial charge in [-0.1, -0.05) is 12.1 Å². The van der Waals surface area contributed by atoms with Crippen LogP contribution < -0.4 is 21.3 Å². The van der Waals surface area contributed by atoms with Gasteiger partial charge in [-0.3, -0.25) is 24.1 Å². The standard InChI is InChI=1S/C24H21N7O2/c1-15-3-5-18(12-21(15)29-22(32)14-27-25)31-23(33)8-4-16-13-26-20-7-6-17(11-19(20)24(16)31)30-10-2-9-28-30/h2-8,10-13,25,28H,9,14H2,1H3,(H,29,32). The van der Waals surface area contributed by atoms with Gasteiger partial charge in [0, 0.05) is 41.5 Å². The normalized spacial score (nSPS) is 13.1. The number of amides is 1. The lowest BCUT2D eigenvalue weighted by atomic mass is 10.1. The van der Waals surface area contributed by atoms with E-state index in [4.69, 9.17) is 5.53 Å². The molecule has 2 aromatic carbocycles. The van der Waals surface area contributed by atoms with Crippen LogP contribution in [0, 0.1) is 12.5 Å². The van der Waals surface area contributed by atoms with Crippen molar-refractivity contribution in [2.24, 2.45) is 5.11 Å². The van der Waals surface area contributed by atoms with Gasteiger partial charge in [-0.15, -0.1) is 0 Å². The van der Waals surface area contributed by atoms with Crippen molar-refractivity contribution < 1.29 is 4.79 Å². The number of rotatable bonds is 5. The molecule has 5 rings (SSSR count). The number of hydrogen-bond donors (Lipinski definition) is 3. The van der Waals surface area contributed by atoms with Crippen molar-refractivity contribution in [2.75, 3.05) is 23.4 Å². The third-order valence-electron chi connectivity index (χ3n) is 5.59. The molecular formula is C24H21N7O2. The molecule has 1 aliphatic rings. The van der Waals surface area contributed by atoms with E-state index in [2.05, 4.69) is 20.8 Å². The number of carbonyl (C=O) groups excluding carboxylic acids is 1. The summed E-state index contributed by atoms with van der Waals surface area (Å²) in [5, 5.41) is 9.49. The van der Waals surface area contributed by atoms with Crippen molar-refractivity contribution in [1.29, 1.82) is 5.53 Å². The van der Waals surface area contributed by atoms with E-state index in [-0.39, 0.29) is 18.0 Å². The number of benzene rings is 2. The van der Waals surface area contributed by atoms with Crippen LogP contribution in [0.4, 0.5) is 11.4 Å². The Hall–Kier alpha value is -4.37. The first-order valence-corrected chi connectivity index (χ1v) is 10.4. The summed E-state index contributed by atoms with van der Waals surface area (Å²) in [6.45, 7) is 2.36. The zero-order chi connectivity index (χ0) is 22.9. The molecule has 1 amide bonds. The molecule has 0 saturated heterocycles. The maximum Gasteiger partial charge on any atom is 0.255 e. The Morgan fingerprint density at radius 2 is 2.03 bits per heavy atom. The number of fused-ring (bicyclic) bond motifs is 3. The van der Waals surface area contributed by atoms with Gasteiger partial charge >= 0.3 is 0 Å². The monoisotopic (exact) mass is 439 g/mol. The summed E-state index contributed by atoms with van der Waals surface area (Å²) in [5.74, 6) is -0.388. The predicted molar refractivity (Wildman–Crippen MR) is 128 cm³/mol. The van der Waals surface area contributed by atoms with E-state index in [0.717, 1.165) is 39.6 Å². The Balaban J connectivity index is 1.74. The van der Waals surface area contributed by atoms with Crippen molar-refractivity contribution in [3.63, 3.8) is 0 Å². The van der Waals surface area contributed by atoms with E-state index in [1.165, 1.54) is 6.07 Å². The maximum absolute atomic E-state index is 13.1. The molecular weight excluding hydrogens is 418 g/mol. The molecule has 2 aromatic heterocycles. The van der Waals surface area contributed by atoms with E-state index in [0.29, 0.717) is 11.4 Å². The van der Waals surface area contributed by atoms with E-state index in [1.54, 1.807) is 22.9 Å². The molecule has 0 saturated carbocycles. The molecule has 3 heterocycles. The molecule has 0 unspecified atom stereocenters. The first-order chi connectivity index (χ1) is 16.0. The molecule has 1 aliphatic heterocycles.